The predicted molar refractivity (Wildman–Crippen MR) is 206 cm³/mol. The minimum absolute atomic E-state index is 0.447. The van der Waals surface area contributed by atoms with Crippen molar-refractivity contribution in [2.75, 3.05) is 6.61 Å². The van der Waals surface area contributed by atoms with Gasteiger partial charge < -0.3 is 89.7 Å². The van der Waals surface area contributed by atoms with E-state index in [9.17, 15) is 95.2 Å². The molecule has 13 N–H and O–H groups in total. The Morgan fingerprint density at radius 3 is 1.62 bits per heavy atom. The third-order valence-corrected chi connectivity index (χ3v) is 10.5. The molecule has 1 aliphatic carbocycles. The number of aromatic hydroxyl groups is 12. The smallest absolute Gasteiger partial charge is 0.344 e. The number of phenolic OH excluding ortho intramolecular Hbond substituents is 12. The molecule has 2 aliphatic rings. The van der Waals surface area contributed by atoms with E-state index in [0.29, 0.717) is 42.5 Å². The lowest BCUT2D eigenvalue weighted by atomic mass is 9.85. The zero-order valence-corrected chi connectivity index (χ0v) is 32.4. The summed E-state index contributed by atoms with van der Waals surface area (Å²) in [6, 6.07) is 4.61. The molecule has 5 aromatic rings. The number of ketones is 2. The molecular weight excluding hydrogens is 876 g/mol. The molecule has 0 amide bonds. The van der Waals surface area contributed by atoms with Crippen LogP contribution in [0.15, 0.2) is 51.7 Å². The summed E-state index contributed by atoms with van der Waals surface area (Å²) in [5.41, 5.74) is -3.58. The molecule has 65 heavy (non-hydrogen) atoms. The Morgan fingerprint density at radius 1 is 0.615 bits per heavy atom. The molecule has 1 aromatic heterocycles. The Kier molecular flexibility index (Phi) is 11.3. The second-order valence-corrected chi connectivity index (χ2v) is 14.6. The summed E-state index contributed by atoms with van der Waals surface area (Å²) in [6.45, 7) is -1.11. The number of hydrogen-bond donors (Lipinski definition) is 13. The molecule has 6 atom stereocenters. The Labute approximate surface area is 359 Å². The van der Waals surface area contributed by atoms with E-state index in [0.717, 1.165) is 0 Å². The van der Waals surface area contributed by atoms with Gasteiger partial charge in [0.1, 0.15) is 24.9 Å². The first-order valence-corrected chi connectivity index (χ1v) is 18.6. The molecule has 0 saturated carbocycles. The van der Waals surface area contributed by atoms with Crippen molar-refractivity contribution in [3.8, 4) is 69.0 Å². The van der Waals surface area contributed by atoms with E-state index in [1.54, 1.807) is 0 Å². The Morgan fingerprint density at radius 2 is 1.09 bits per heavy atom. The maximum absolute atomic E-state index is 13.8. The number of hydrogen-bond acceptors (Lipinski definition) is 24. The first kappa shape index (κ1) is 44.4. The van der Waals surface area contributed by atoms with Crippen molar-refractivity contribution in [2.24, 2.45) is 5.92 Å². The monoisotopic (exact) mass is 908 g/mol. The highest BCUT2D eigenvalue weighted by Crippen LogP contribution is 2.48. The summed E-state index contributed by atoms with van der Waals surface area (Å²) in [4.78, 5) is 80.3. The van der Waals surface area contributed by atoms with Crippen LogP contribution < -0.4 is 5.63 Å². The number of carbonyl (C=O) groups is 5. The van der Waals surface area contributed by atoms with Gasteiger partial charge in [-0.2, -0.15) is 0 Å². The van der Waals surface area contributed by atoms with Crippen LogP contribution in [0.1, 0.15) is 66.0 Å². The Balaban J connectivity index is 1.27. The van der Waals surface area contributed by atoms with E-state index >= 15 is 0 Å². The largest absolute Gasteiger partial charge is 0.504 e. The number of rotatable bonds is 10. The highest BCUT2D eigenvalue weighted by Gasteiger charge is 2.51. The molecule has 2 heterocycles. The standard InChI is InChI=1S/C41H32O24/c42-17(11-1-18(43)29(51)19(44)2-11)9-16-35(63-37(57)12-3-20(45)30(52)21(46)4-12)33(55)26(62-41(16)65-38(58)13-5-22(47)31(53)23(48)6-13)10-61-39(59)15-8-25(50)36-28(15)27-14(40(60)64-36)7-24(49)32(54)34(27)56/h1-7,15-16,26,33,35,41,43-49,51-56H,8-10H2. The Bertz CT molecular complexity index is 2850. The van der Waals surface area contributed by atoms with E-state index in [-0.39, 0.29) is 0 Å². The van der Waals surface area contributed by atoms with Crippen LogP contribution in [-0.4, -0.2) is 127 Å². The fraction of sp³-hybridized carbons (Fsp3) is 0.220. The summed E-state index contributed by atoms with van der Waals surface area (Å²) in [5, 5.41) is 132. The van der Waals surface area contributed by atoms with Gasteiger partial charge >= 0.3 is 23.5 Å². The van der Waals surface area contributed by atoms with E-state index in [1.807, 2.05) is 0 Å². The number of fused-ring (bicyclic) bond motifs is 3. The summed E-state index contributed by atoms with van der Waals surface area (Å²) in [6.07, 6.45) is -10.4. The van der Waals surface area contributed by atoms with Gasteiger partial charge in [-0.05, 0) is 42.5 Å². The lowest BCUT2D eigenvalue weighted by molar-refractivity contribution is -0.268. The minimum Gasteiger partial charge on any atom is -0.504 e. The molecule has 24 nitrogen and oxygen atoms in total. The fourth-order valence-corrected chi connectivity index (χ4v) is 7.28. The molecule has 7 rings (SSSR count). The lowest BCUT2D eigenvalue weighted by Crippen LogP contribution is -2.58. The average molecular weight is 909 g/mol. The molecule has 0 radical (unpaired) electrons. The molecule has 1 fully saturated rings. The van der Waals surface area contributed by atoms with E-state index in [2.05, 4.69) is 0 Å². The average Bonchev–Trinajstić information content (AvgIpc) is 3.58. The molecule has 340 valence electrons. The van der Waals surface area contributed by atoms with Crippen LogP contribution in [0.3, 0.4) is 0 Å². The minimum atomic E-state index is -2.25. The highest BCUT2D eigenvalue weighted by atomic mass is 16.7. The van der Waals surface area contributed by atoms with Crippen LogP contribution in [0.2, 0.25) is 0 Å². The molecule has 1 aliphatic heterocycles. The van der Waals surface area contributed by atoms with Crippen LogP contribution in [0, 0.1) is 5.92 Å². The van der Waals surface area contributed by atoms with Crippen molar-refractivity contribution in [2.45, 2.75) is 43.4 Å². The predicted octanol–water partition coefficient (Wildman–Crippen LogP) is 1.53. The number of aliphatic hydroxyl groups excluding tert-OH is 1. The van der Waals surface area contributed by atoms with Crippen LogP contribution >= 0.6 is 0 Å². The third-order valence-electron chi connectivity index (χ3n) is 10.5. The van der Waals surface area contributed by atoms with Crippen molar-refractivity contribution in [3.05, 3.63) is 80.9 Å². The van der Waals surface area contributed by atoms with Crippen molar-refractivity contribution < 1.29 is 114 Å². The van der Waals surface area contributed by atoms with Gasteiger partial charge in [-0.25, -0.2) is 14.4 Å². The van der Waals surface area contributed by atoms with Crippen molar-refractivity contribution >= 4 is 40.2 Å². The van der Waals surface area contributed by atoms with E-state index in [1.165, 1.54) is 0 Å². The topological polar surface area (TPSA) is 415 Å². The van der Waals surface area contributed by atoms with E-state index < -0.39 is 199 Å². The molecule has 24 heteroatoms. The maximum atomic E-state index is 13.8. The number of esters is 3. The van der Waals surface area contributed by atoms with Crippen LogP contribution in [0.5, 0.6) is 69.0 Å². The molecule has 6 unspecified atom stereocenters. The second kappa shape index (κ2) is 16.6. The van der Waals surface area contributed by atoms with Crippen molar-refractivity contribution in [1.82, 2.24) is 0 Å². The molecule has 0 spiro atoms. The maximum Gasteiger partial charge on any atom is 0.344 e. The van der Waals surface area contributed by atoms with Crippen LogP contribution in [0.25, 0.3) is 10.8 Å². The normalized spacial score (nSPS) is 20.2. The van der Waals surface area contributed by atoms with Gasteiger partial charge in [0.2, 0.25) is 12.0 Å². The first-order valence-electron chi connectivity index (χ1n) is 18.6. The van der Waals surface area contributed by atoms with Gasteiger partial charge in [0.05, 0.1) is 28.3 Å². The van der Waals surface area contributed by atoms with Gasteiger partial charge in [0.25, 0.3) is 0 Å². The molecule has 0 bridgehead atoms. The third kappa shape index (κ3) is 8.00. The lowest BCUT2D eigenvalue weighted by Gasteiger charge is -2.43. The number of phenols is 12. The number of benzene rings is 4. The van der Waals surface area contributed by atoms with Crippen LogP contribution in [0.4, 0.5) is 0 Å². The van der Waals surface area contributed by atoms with Gasteiger partial charge in [-0.15, -0.1) is 0 Å². The first-order chi connectivity index (χ1) is 30.6. The summed E-state index contributed by atoms with van der Waals surface area (Å²) in [7, 11) is 0. The zero-order chi connectivity index (χ0) is 47.5. The number of Topliss-reactive ketones (excluding diaryl/α,β-unsaturated/α-hetero) is 2. The fourth-order valence-electron chi connectivity index (χ4n) is 7.28. The molecule has 4 aromatic carbocycles. The second-order valence-electron chi connectivity index (χ2n) is 14.6. The zero-order valence-electron chi connectivity index (χ0n) is 32.4. The van der Waals surface area contributed by atoms with Crippen molar-refractivity contribution in [1.29, 1.82) is 0 Å². The van der Waals surface area contributed by atoms with E-state index in [4.69, 9.17) is 23.4 Å². The number of aliphatic hydroxyl groups is 1. The molecular formula is C41H32O24. The van der Waals surface area contributed by atoms with Gasteiger partial charge in [0, 0.05) is 29.4 Å². The van der Waals surface area contributed by atoms with Gasteiger partial charge in [0.15, 0.2) is 80.6 Å². The number of carbonyl (C=O) groups excluding carboxylic acids is 5. The summed E-state index contributed by atoms with van der Waals surface area (Å²) >= 11 is 0. The quantitative estimate of drug-likeness (QED) is 0.0409. The van der Waals surface area contributed by atoms with Gasteiger partial charge in [-0.1, -0.05) is 0 Å². The van der Waals surface area contributed by atoms with Crippen LogP contribution in [-0.2, 0) is 23.7 Å². The van der Waals surface area contributed by atoms with Gasteiger partial charge in [-0.3, -0.25) is 14.4 Å². The number of ether oxygens (including phenoxy) is 4. The Hall–Kier alpha value is -8.64. The van der Waals surface area contributed by atoms with Crippen molar-refractivity contribution in [3.63, 3.8) is 0 Å². The highest BCUT2D eigenvalue weighted by molar-refractivity contribution is 6.10. The molecule has 1 saturated heterocycles. The summed E-state index contributed by atoms with van der Waals surface area (Å²) < 4.78 is 27.3. The SMILES string of the molecule is O=C(CC1C(OC(=O)c2cc(O)c(O)c(O)c2)OC(COC(=O)C2CC(=O)c3oc(=O)c4cc(O)c(O)c(O)c4c32)C(O)C1OC(=O)c1cc(O)c(O)c(O)c1)c1cc(O)c(O)c(O)c1. The summed E-state index contributed by atoms with van der Waals surface area (Å²) in [5.74, 6) is -23.1.